The highest BCUT2D eigenvalue weighted by atomic mass is 16.6. The molecule has 0 aliphatic rings. The van der Waals surface area contributed by atoms with Gasteiger partial charge in [0.1, 0.15) is 5.75 Å². The highest BCUT2D eigenvalue weighted by Crippen LogP contribution is 2.19. The summed E-state index contributed by atoms with van der Waals surface area (Å²) >= 11 is 0. The first-order valence-corrected chi connectivity index (χ1v) is 8.25. The summed E-state index contributed by atoms with van der Waals surface area (Å²) in [6.07, 6.45) is 0. The molecule has 0 saturated carbocycles. The topological polar surface area (TPSA) is 102 Å². The van der Waals surface area contributed by atoms with Crippen LogP contribution in [0.15, 0.2) is 42.5 Å². The third-order valence-electron chi connectivity index (χ3n) is 3.96. The van der Waals surface area contributed by atoms with E-state index in [1.54, 1.807) is 0 Å². The molecule has 1 N–H and O–H groups in total. The Morgan fingerprint density at radius 1 is 1.11 bits per heavy atom. The largest absolute Gasteiger partial charge is 0.484 e. The Morgan fingerprint density at radius 2 is 1.70 bits per heavy atom. The molecule has 0 fully saturated rings. The number of amides is 2. The summed E-state index contributed by atoms with van der Waals surface area (Å²) in [4.78, 5) is 35.7. The molecule has 0 bridgehead atoms. The first-order valence-electron chi connectivity index (χ1n) is 8.25. The van der Waals surface area contributed by atoms with Gasteiger partial charge in [0.15, 0.2) is 6.61 Å². The zero-order valence-corrected chi connectivity index (χ0v) is 15.4. The monoisotopic (exact) mass is 371 g/mol. The van der Waals surface area contributed by atoms with Gasteiger partial charge in [-0.1, -0.05) is 18.2 Å². The maximum atomic E-state index is 12.2. The van der Waals surface area contributed by atoms with E-state index in [0.29, 0.717) is 5.75 Å². The van der Waals surface area contributed by atoms with E-state index in [1.807, 2.05) is 32.0 Å². The van der Waals surface area contributed by atoms with Crippen LogP contribution in [0.25, 0.3) is 0 Å². The lowest BCUT2D eigenvalue weighted by Crippen LogP contribution is -2.37. The van der Waals surface area contributed by atoms with Gasteiger partial charge >= 0.3 is 0 Å². The van der Waals surface area contributed by atoms with E-state index < -0.39 is 4.92 Å². The first-order chi connectivity index (χ1) is 12.8. The number of para-hydroxylation sites is 1. The molecule has 0 spiro atoms. The number of carbonyl (C=O) groups excluding carboxylic acids is 2. The number of aryl methyl sites for hydroxylation is 2. The Balaban J connectivity index is 1.86. The highest BCUT2D eigenvalue weighted by Gasteiger charge is 2.15. The standard InChI is InChI=1S/C19H21N3O5/c1-13-5-4-6-14(2)19(13)20-17(23)11-21(3)18(24)12-27-16-9-7-15(8-10-16)22(25)26/h4-10H,11-12H2,1-3H3,(H,20,23). The summed E-state index contributed by atoms with van der Waals surface area (Å²) in [6.45, 7) is 3.41. The average Bonchev–Trinajstić information content (AvgIpc) is 2.63. The Kier molecular flexibility index (Phi) is 6.48. The smallest absolute Gasteiger partial charge is 0.269 e. The number of rotatable bonds is 7. The van der Waals surface area contributed by atoms with Gasteiger partial charge in [-0.15, -0.1) is 0 Å². The molecule has 2 amide bonds. The van der Waals surface area contributed by atoms with Gasteiger partial charge in [0.25, 0.3) is 11.6 Å². The number of nitrogens with one attached hydrogen (secondary N) is 1. The maximum absolute atomic E-state index is 12.2. The van der Waals surface area contributed by atoms with Crippen LogP contribution in [0.5, 0.6) is 5.75 Å². The molecule has 2 aromatic carbocycles. The van der Waals surface area contributed by atoms with Crippen LogP contribution in [0.1, 0.15) is 11.1 Å². The van der Waals surface area contributed by atoms with Crippen molar-refractivity contribution in [2.75, 3.05) is 25.5 Å². The summed E-state index contributed by atoms with van der Waals surface area (Å²) in [6, 6.07) is 11.1. The molecular formula is C19H21N3O5. The van der Waals surface area contributed by atoms with Gasteiger partial charge < -0.3 is 15.0 Å². The van der Waals surface area contributed by atoms with Gasteiger partial charge in [0.2, 0.25) is 5.91 Å². The van der Waals surface area contributed by atoms with Crippen LogP contribution in [0.4, 0.5) is 11.4 Å². The van der Waals surface area contributed by atoms with Crippen molar-refractivity contribution in [2.45, 2.75) is 13.8 Å². The lowest BCUT2D eigenvalue weighted by atomic mass is 10.1. The highest BCUT2D eigenvalue weighted by molar-refractivity contribution is 5.95. The number of benzene rings is 2. The number of anilines is 1. The van der Waals surface area contributed by atoms with Gasteiger partial charge in [-0.3, -0.25) is 19.7 Å². The van der Waals surface area contributed by atoms with E-state index in [0.717, 1.165) is 16.8 Å². The quantitative estimate of drug-likeness (QED) is 0.595. The second kappa shape index (κ2) is 8.79. The normalized spacial score (nSPS) is 10.2. The molecule has 2 aromatic rings. The molecule has 0 heterocycles. The number of nitro groups is 1. The summed E-state index contributed by atoms with van der Waals surface area (Å²) in [5.41, 5.74) is 2.57. The Labute approximate surface area is 156 Å². The zero-order chi connectivity index (χ0) is 20.0. The van der Waals surface area contributed by atoms with Crippen LogP contribution in [0, 0.1) is 24.0 Å². The molecule has 8 heteroatoms. The molecule has 0 radical (unpaired) electrons. The van der Waals surface area contributed by atoms with Crippen molar-refractivity contribution in [2.24, 2.45) is 0 Å². The van der Waals surface area contributed by atoms with Crippen LogP contribution in [0.3, 0.4) is 0 Å². The number of non-ortho nitro benzene ring substituents is 1. The van der Waals surface area contributed by atoms with Crippen molar-refractivity contribution in [1.82, 2.24) is 4.90 Å². The zero-order valence-electron chi connectivity index (χ0n) is 15.4. The van der Waals surface area contributed by atoms with E-state index in [9.17, 15) is 19.7 Å². The van der Waals surface area contributed by atoms with Crippen LogP contribution in [0.2, 0.25) is 0 Å². The van der Waals surface area contributed by atoms with Crippen molar-refractivity contribution in [3.63, 3.8) is 0 Å². The average molecular weight is 371 g/mol. The van der Waals surface area contributed by atoms with Gasteiger partial charge in [-0.25, -0.2) is 0 Å². The number of hydrogen-bond donors (Lipinski definition) is 1. The van der Waals surface area contributed by atoms with E-state index in [4.69, 9.17) is 4.74 Å². The predicted octanol–water partition coefficient (Wildman–Crippen LogP) is 2.69. The second-order valence-electron chi connectivity index (χ2n) is 6.10. The molecule has 0 saturated heterocycles. The minimum Gasteiger partial charge on any atom is -0.484 e. The molecule has 8 nitrogen and oxygen atoms in total. The molecular weight excluding hydrogens is 350 g/mol. The molecule has 27 heavy (non-hydrogen) atoms. The number of likely N-dealkylation sites (N-methyl/N-ethyl adjacent to an activating group) is 1. The number of carbonyl (C=O) groups is 2. The third-order valence-corrected chi connectivity index (χ3v) is 3.96. The van der Waals surface area contributed by atoms with E-state index in [1.165, 1.54) is 36.2 Å². The lowest BCUT2D eigenvalue weighted by molar-refractivity contribution is -0.384. The molecule has 0 aliphatic heterocycles. The van der Waals surface area contributed by atoms with E-state index in [-0.39, 0.29) is 30.7 Å². The summed E-state index contributed by atoms with van der Waals surface area (Å²) in [7, 11) is 1.51. The van der Waals surface area contributed by atoms with Crippen molar-refractivity contribution < 1.29 is 19.2 Å². The SMILES string of the molecule is Cc1cccc(C)c1NC(=O)CN(C)C(=O)COc1ccc([N+](=O)[O-])cc1. The minimum absolute atomic E-state index is 0.0611. The Bertz CT molecular complexity index is 829. The van der Waals surface area contributed by atoms with Gasteiger partial charge in [0.05, 0.1) is 11.5 Å². The van der Waals surface area contributed by atoms with Crippen molar-refractivity contribution >= 4 is 23.2 Å². The van der Waals surface area contributed by atoms with E-state index >= 15 is 0 Å². The number of hydrogen-bond acceptors (Lipinski definition) is 5. The van der Waals surface area contributed by atoms with Crippen molar-refractivity contribution in [1.29, 1.82) is 0 Å². The second-order valence-corrected chi connectivity index (χ2v) is 6.10. The number of ether oxygens (including phenoxy) is 1. The fourth-order valence-corrected chi connectivity index (χ4v) is 2.41. The molecule has 2 rings (SSSR count). The summed E-state index contributed by atoms with van der Waals surface area (Å²) in [5, 5.41) is 13.4. The first kappa shape index (κ1) is 19.9. The Hall–Kier alpha value is -3.42. The lowest BCUT2D eigenvalue weighted by Gasteiger charge is -2.18. The number of nitro benzene ring substituents is 1. The molecule has 0 unspecified atom stereocenters. The number of nitrogens with zero attached hydrogens (tertiary/aromatic N) is 2. The van der Waals surface area contributed by atoms with Crippen molar-refractivity contribution in [3.05, 3.63) is 63.7 Å². The third kappa shape index (κ3) is 5.53. The van der Waals surface area contributed by atoms with Gasteiger partial charge in [-0.05, 0) is 37.1 Å². The molecule has 0 atom stereocenters. The summed E-state index contributed by atoms with van der Waals surface area (Å²) in [5.74, 6) is -0.356. The fourth-order valence-electron chi connectivity index (χ4n) is 2.41. The molecule has 0 aromatic heterocycles. The van der Waals surface area contributed by atoms with Gasteiger partial charge in [0, 0.05) is 24.9 Å². The van der Waals surface area contributed by atoms with Crippen LogP contribution >= 0.6 is 0 Å². The fraction of sp³-hybridized carbons (Fsp3) is 0.263. The molecule has 142 valence electrons. The van der Waals surface area contributed by atoms with Crippen molar-refractivity contribution in [3.8, 4) is 5.75 Å². The van der Waals surface area contributed by atoms with Gasteiger partial charge in [-0.2, -0.15) is 0 Å². The van der Waals surface area contributed by atoms with Crippen LogP contribution in [-0.2, 0) is 9.59 Å². The maximum Gasteiger partial charge on any atom is 0.269 e. The Morgan fingerprint density at radius 3 is 2.26 bits per heavy atom. The molecule has 0 aliphatic carbocycles. The van der Waals surface area contributed by atoms with Crippen LogP contribution < -0.4 is 10.1 Å². The van der Waals surface area contributed by atoms with E-state index in [2.05, 4.69) is 5.32 Å². The van der Waals surface area contributed by atoms with Crippen LogP contribution in [-0.4, -0.2) is 41.8 Å². The summed E-state index contributed by atoms with van der Waals surface area (Å²) < 4.78 is 5.32. The predicted molar refractivity (Wildman–Crippen MR) is 101 cm³/mol. The minimum atomic E-state index is -0.516.